The summed E-state index contributed by atoms with van der Waals surface area (Å²) in [5.74, 6) is 2.64. The molecular weight excluding hydrogens is 182 g/mol. The van der Waals surface area contributed by atoms with Crippen LogP contribution < -0.4 is 0 Å². The number of benzene rings is 1. The molecule has 1 nitrogen and oxygen atoms in total. The lowest BCUT2D eigenvalue weighted by atomic mass is 10.0. The van der Waals surface area contributed by atoms with Crippen molar-refractivity contribution < 1.29 is 0 Å². The molecule has 0 unspecified atom stereocenters. The second-order valence-electron chi connectivity index (χ2n) is 3.14. The molecule has 0 radical (unpaired) electrons. The number of nitrogens with zero attached hydrogens (tertiary/aromatic N) is 1. The van der Waals surface area contributed by atoms with Crippen LogP contribution in [0, 0.1) is 12.3 Å². The predicted molar refractivity (Wildman–Crippen MR) is 66.8 cm³/mol. The number of hydrogen-bond donors (Lipinski definition) is 0. The van der Waals surface area contributed by atoms with Crippen LogP contribution in [0.2, 0.25) is 0 Å². The molecule has 1 aromatic rings. The maximum atomic E-state index is 5.42. The van der Waals surface area contributed by atoms with Crippen molar-refractivity contribution in [2.45, 2.75) is 20.3 Å². The van der Waals surface area contributed by atoms with Crippen molar-refractivity contribution in [1.29, 1.82) is 0 Å². The first-order chi connectivity index (χ1) is 7.31. The minimum absolute atomic E-state index is 0.816. The van der Waals surface area contributed by atoms with Crippen LogP contribution in [0.15, 0.2) is 35.5 Å². The van der Waals surface area contributed by atoms with E-state index in [0.29, 0.717) is 0 Å². The molecule has 0 saturated carbocycles. The van der Waals surface area contributed by atoms with Gasteiger partial charge in [-0.05, 0) is 24.5 Å². The van der Waals surface area contributed by atoms with Gasteiger partial charge in [0.2, 0.25) is 0 Å². The van der Waals surface area contributed by atoms with Crippen molar-refractivity contribution in [1.82, 2.24) is 0 Å². The molecule has 0 aliphatic carbocycles. The Labute approximate surface area is 91.6 Å². The second-order valence-corrected chi connectivity index (χ2v) is 3.14. The van der Waals surface area contributed by atoms with Crippen molar-refractivity contribution in [3.05, 3.63) is 41.6 Å². The van der Waals surface area contributed by atoms with E-state index in [1.165, 1.54) is 5.56 Å². The van der Waals surface area contributed by atoms with Crippen molar-refractivity contribution in [3.63, 3.8) is 0 Å². The Balaban J connectivity index is 2.99. The van der Waals surface area contributed by atoms with Crippen molar-refractivity contribution in [3.8, 4) is 12.3 Å². The zero-order valence-electron chi connectivity index (χ0n) is 9.20. The molecule has 0 aliphatic rings. The molecule has 0 saturated heterocycles. The Morgan fingerprint density at radius 1 is 1.40 bits per heavy atom. The minimum Gasteiger partial charge on any atom is -0.268 e. The van der Waals surface area contributed by atoms with E-state index < -0.39 is 0 Å². The lowest BCUT2D eigenvalue weighted by Crippen LogP contribution is -1.83. The summed E-state index contributed by atoms with van der Waals surface area (Å²) in [6, 6.07) is 8.26. The summed E-state index contributed by atoms with van der Waals surface area (Å²) in [5.41, 5.74) is 3.17. The van der Waals surface area contributed by atoms with Gasteiger partial charge in [-0.25, -0.2) is 0 Å². The monoisotopic (exact) mass is 197 g/mol. The SMILES string of the molecule is C#C/C(=C\N=CC)c1ccc(CC)cc1. The van der Waals surface area contributed by atoms with E-state index in [-0.39, 0.29) is 0 Å². The highest BCUT2D eigenvalue weighted by molar-refractivity contribution is 5.78. The number of allylic oxidation sites excluding steroid dienone is 1. The largest absolute Gasteiger partial charge is 0.268 e. The lowest BCUT2D eigenvalue weighted by molar-refractivity contribution is 1.14. The number of aryl methyl sites for hydroxylation is 1. The van der Waals surface area contributed by atoms with Crippen molar-refractivity contribution >= 4 is 11.8 Å². The van der Waals surface area contributed by atoms with E-state index in [1.54, 1.807) is 12.4 Å². The van der Waals surface area contributed by atoms with Gasteiger partial charge in [0, 0.05) is 18.0 Å². The van der Waals surface area contributed by atoms with E-state index in [1.807, 2.05) is 19.1 Å². The fourth-order valence-electron chi connectivity index (χ4n) is 1.26. The molecule has 0 fully saturated rings. The van der Waals surface area contributed by atoms with Crippen molar-refractivity contribution in [2.24, 2.45) is 4.99 Å². The van der Waals surface area contributed by atoms with E-state index in [4.69, 9.17) is 6.42 Å². The number of rotatable bonds is 3. The zero-order chi connectivity index (χ0) is 11.1. The standard InChI is InChI=1S/C14H15N/c1-4-12-7-9-14(10-8-12)13(5-2)11-15-6-3/h2,6-11H,4H2,1,3H3/b13-11+,15-6?. The van der Waals surface area contributed by atoms with Gasteiger partial charge in [-0.1, -0.05) is 37.1 Å². The van der Waals surface area contributed by atoms with Gasteiger partial charge in [0.15, 0.2) is 0 Å². The molecule has 1 heteroatoms. The molecular formula is C14H15N. The van der Waals surface area contributed by atoms with Gasteiger partial charge in [0.25, 0.3) is 0 Å². The van der Waals surface area contributed by atoms with Crippen LogP contribution in [0.5, 0.6) is 0 Å². The number of terminal acetylenes is 1. The predicted octanol–water partition coefficient (Wildman–Crippen LogP) is 3.31. The number of aliphatic imine (C=N–C) groups is 1. The van der Waals surface area contributed by atoms with Crippen LogP contribution in [0.1, 0.15) is 25.0 Å². The smallest absolute Gasteiger partial charge is 0.0497 e. The van der Waals surface area contributed by atoms with E-state index in [0.717, 1.165) is 17.6 Å². The fraction of sp³-hybridized carbons (Fsp3) is 0.214. The third kappa shape index (κ3) is 3.11. The molecule has 0 aromatic heterocycles. The highest BCUT2D eigenvalue weighted by Gasteiger charge is 1.97. The summed E-state index contributed by atoms with van der Waals surface area (Å²) in [7, 11) is 0. The maximum Gasteiger partial charge on any atom is 0.0497 e. The summed E-state index contributed by atoms with van der Waals surface area (Å²) in [6.45, 7) is 4.00. The minimum atomic E-state index is 0.816. The number of hydrogen-bond acceptors (Lipinski definition) is 1. The Kier molecular flexibility index (Phi) is 4.37. The first-order valence-electron chi connectivity index (χ1n) is 5.05. The van der Waals surface area contributed by atoms with Gasteiger partial charge < -0.3 is 0 Å². The molecule has 1 rings (SSSR count). The summed E-state index contributed by atoms with van der Waals surface area (Å²) in [6.07, 6.45) is 9.90. The molecule has 0 atom stereocenters. The third-order valence-electron chi connectivity index (χ3n) is 2.18. The summed E-state index contributed by atoms with van der Waals surface area (Å²) < 4.78 is 0. The van der Waals surface area contributed by atoms with Gasteiger partial charge in [-0.3, -0.25) is 4.99 Å². The van der Waals surface area contributed by atoms with Crippen LogP contribution in [0.3, 0.4) is 0 Å². The lowest BCUT2D eigenvalue weighted by Gasteiger charge is -2.00. The molecule has 0 amide bonds. The summed E-state index contributed by atoms with van der Waals surface area (Å²) in [4.78, 5) is 4.03. The quantitative estimate of drug-likeness (QED) is 0.520. The zero-order valence-corrected chi connectivity index (χ0v) is 9.20. The second kappa shape index (κ2) is 5.82. The highest BCUT2D eigenvalue weighted by Crippen LogP contribution is 2.14. The van der Waals surface area contributed by atoms with Gasteiger partial charge in [0.1, 0.15) is 0 Å². The van der Waals surface area contributed by atoms with Crippen LogP contribution in [0.4, 0.5) is 0 Å². The van der Waals surface area contributed by atoms with Gasteiger partial charge in [-0.15, -0.1) is 6.42 Å². The van der Waals surface area contributed by atoms with Gasteiger partial charge >= 0.3 is 0 Å². The normalized spacial score (nSPS) is 11.7. The Hall–Kier alpha value is -1.81. The topological polar surface area (TPSA) is 12.4 Å². The highest BCUT2D eigenvalue weighted by atomic mass is 14.7. The average molecular weight is 197 g/mol. The van der Waals surface area contributed by atoms with Gasteiger partial charge in [0.05, 0.1) is 0 Å². The molecule has 1 aromatic carbocycles. The Morgan fingerprint density at radius 2 is 2.07 bits per heavy atom. The van der Waals surface area contributed by atoms with Crippen molar-refractivity contribution in [2.75, 3.05) is 0 Å². The molecule has 15 heavy (non-hydrogen) atoms. The van der Waals surface area contributed by atoms with Crippen LogP contribution in [-0.2, 0) is 6.42 Å². The van der Waals surface area contributed by atoms with Crippen LogP contribution >= 0.6 is 0 Å². The van der Waals surface area contributed by atoms with Crippen LogP contribution in [0.25, 0.3) is 5.57 Å². The first kappa shape index (κ1) is 11.3. The van der Waals surface area contributed by atoms with E-state index in [9.17, 15) is 0 Å². The molecule has 0 bridgehead atoms. The molecule has 0 heterocycles. The third-order valence-corrected chi connectivity index (χ3v) is 2.18. The van der Waals surface area contributed by atoms with E-state index >= 15 is 0 Å². The molecule has 76 valence electrons. The summed E-state index contributed by atoms with van der Waals surface area (Å²) in [5, 5.41) is 0. The van der Waals surface area contributed by atoms with Crippen LogP contribution in [-0.4, -0.2) is 6.21 Å². The summed E-state index contributed by atoms with van der Waals surface area (Å²) >= 11 is 0. The molecule has 0 aliphatic heterocycles. The maximum absolute atomic E-state index is 5.42. The average Bonchev–Trinajstić information content (AvgIpc) is 2.31. The molecule has 0 spiro atoms. The van der Waals surface area contributed by atoms with Gasteiger partial charge in [-0.2, -0.15) is 0 Å². The van der Waals surface area contributed by atoms with E-state index in [2.05, 4.69) is 30.0 Å². The Morgan fingerprint density at radius 3 is 2.53 bits per heavy atom. The fourth-order valence-corrected chi connectivity index (χ4v) is 1.26. The molecule has 0 N–H and O–H groups in total. The Bertz CT molecular complexity index is 402. The first-order valence-corrected chi connectivity index (χ1v) is 5.05.